The molecular weight excluding hydrogens is 220 g/mol. The van der Waals surface area contributed by atoms with Crippen LogP contribution in [-0.4, -0.2) is 17.5 Å². The Balaban J connectivity index is 0.000000336. The third kappa shape index (κ3) is 7.74. The van der Waals surface area contributed by atoms with Gasteiger partial charge in [0, 0.05) is 11.4 Å². The molecule has 0 saturated carbocycles. The van der Waals surface area contributed by atoms with E-state index >= 15 is 0 Å². The maximum absolute atomic E-state index is 8.74. The third-order valence-corrected chi connectivity index (χ3v) is 1.55. The summed E-state index contributed by atoms with van der Waals surface area (Å²) in [6, 6.07) is 5.57. The first-order chi connectivity index (χ1) is 6.74. The molecule has 0 aliphatic heterocycles. The highest BCUT2D eigenvalue weighted by atomic mass is 32.3. The molecule has 0 fully saturated rings. The molecule has 1 aromatic carbocycles. The van der Waals surface area contributed by atoms with Gasteiger partial charge in [0.05, 0.1) is 0 Å². The van der Waals surface area contributed by atoms with Crippen molar-refractivity contribution >= 4 is 21.8 Å². The van der Waals surface area contributed by atoms with Gasteiger partial charge in [0.2, 0.25) is 0 Å². The SMILES string of the molecule is CCc1cc(N)ccc1N.O=S(=O)(O)O. The lowest BCUT2D eigenvalue weighted by Gasteiger charge is -2.02. The highest BCUT2D eigenvalue weighted by Gasteiger charge is 1.94. The largest absolute Gasteiger partial charge is 0.399 e. The second-order valence-electron chi connectivity index (χ2n) is 2.76. The van der Waals surface area contributed by atoms with Crippen LogP contribution in [0.25, 0.3) is 0 Å². The summed E-state index contributed by atoms with van der Waals surface area (Å²) in [5, 5.41) is 0. The molecule has 0 unspecified atom stereocenters. The van der Waals surface area contributed by atoms with Gasteiger partial charge in [0.15, 0.2) is 0 Å². The van der Waals surface area contributed by atoms with Gasteiger partial charge in [-0.3, -0.25) is 9.11 Å². The van der Waals surface area contributed by atoms with E-state index in [0.717, 1.165) is 23.4 Å². The second kappa shape index (κ2) is 5.54. The molecule has 0 radical (unpaired) electrons. The lowest BCUT2D eigenvalue weighted by atomic mass is 10.1. The minimum atomic E-state index is -4.67. The van der Waals surface area contributed by atoms with Gasteiger partial charge in [0.25, 0.3) is 0 Å². The first-order valence-corrected chi connectivity index (χ1v) is 5.47. The number of benzene rings is 1. The van der Waals surface area contributed by atoms with Crippen LogP contribution in [-0.2, 0) is 16.8 Å². The number of hydrogen-bond donors (Lipinski definition) is 4. The maximum Gasteiger partial charge on any atom is 0.394 e. The van der Waals surface area contributed by atoms with E-state index in [1.807, 2.05) is 18.2 Å². The van der Waals surface area contributed by atoms with Crippen LogP contribution in [0.2, 0.25) is 0 Å². The fourth-order valence-corrected chi connectivity index (χ4v) is 0.932. The number of anilines is 2. The monoisotopic (exact) mass is 234 g/mol. The van der Waals surface area contributed by atoms with E-state index in [2.05, 4.69) is 6.92 Å². The molecule has 0 aromatic heterocycles. The Bertz CT molecular complexity index is 409. The number of hydrogen-bond acceptors (Lipinski definition) is 4. The number of rotatable bonds is 1. The molecule has 0 aliphatic rings. The van der Waals surface area contributed by atoms with Crippen LogP contribution < -0.4 is 11.5 Å². The van der Waals surface area contributed by atoms with Crippen molar-refractivity contribution in [2.45, 2.75) is 13.3 Å². The van der Waals surface area contributed by atoms with Crippen molar-refractivity contribution in [2.75, 3.05) is 11.5 Å². The van der Waals surface area contributed by atoms with Crippen molar-refractivity contribution in [1.82, 2.24) is 0 Å². The summed E-state index contributed by atoms with van der Waals surface area (Å²) < 4.78 is 31.6. The van der Waals surface area contributed by atoms with E-state index in [-0.39, 0.29) is 0 Å². The minimum Gasteiger partial charge on any atom is -0.399 e. The first-order valence-electron chi connectivity index (χ1n) is 4.07. The summed E-state index contributed by atoms with van der Waals surface area (Å²) in [6.07, 6.45) is 0.941. The lowest BCUT2D eigenvalue weighted by Crippen LogP contribution is -1.94. The second-order valence-corrected chi connectivity index (χ2v) is 3.66. The summed E-state index contributed by atoms with van der Waals surface area (Å²) in [5.41, 5.74) is 13.9. The Kier molecular flexibility index (Phi) is 5.06. The lowest BCUT2D eigenvalue weighted by molar-refractivity contribution is 0.381. The van der Waals surface area contributed by atoms with Gasteiger partial charge < -0.3 is 11.5 Å². The van der Waals surface area contributed by atoms with Gasteiger partial charge in [-0.25, -0.2) is 0 Å². The molecular formula is C8H14N2O4S. The molecule has 6 N–H and O–H groups in total. The zero-order chi connectivity index (χ0) is 12.1. The van der Waals surface area contributed by atoms with Gasteiger partial charge in [-0.2, -0.15) is 8.42 Å². The van der Waals surface area contributed by atoms with E-state index in [1.54, 1.807) is 0 Å². The van der Waals surface area contributed by atoms with E-state index in [4.69, 9.17) is 29.0 Å². The smallest absolute Gasteiger partial charge is 0.394 e. The van der Waals surface area contributed by atoms with Crippen LogP contribution in [0.15, 0.2) is 18.2 Å². The van der Waals surface area contributed by atoms with Crippen molar-refractivity contribution in [3.05, 3.63) is 23.8 Å². The molecule has 7 heteroatoms. The quantitative estimate of drug-likeness (QED) is 0.419. The van der Waals surface area contributed by atoms with Crippen LogP contribution in [0.5, 0.6) is 0 Å². The Morgan fingerprint density at radius 2 is 1.73 bits per heavy atom. The molecule has 0 bridgehead atoms. The third-order valence-electron chi connectivity index (χ3n) is 1.55. The Labute approximate surface area is 88.5 Å². The Morgan fingerprint density at radius 3 is 2.07 bits per heavy atom. The fourth-order valence-electron chi connectivity index (χ4n) is 0.932. The Morgan fingerprint density at radius 1 is 1.27 bits per heavy atom. The van der Waals surface area contributed by atoms with E-state index in [1.165, 1.54) is 0 Å². The minimum absolute atomic E-state index is 0.783. The average molecular weight is 234 g/mol. The summed E-state index contributed by atoms with van der Waals surface area (Å²) in [7, 11) is -4.67. The van der Waals surface area contributed by atoms with Gasteiger partial charge in [-0.1, -0.05) is 6.92 Å². The molecule has 1 aromatic rings. The highest BCUT2D eigenvalue weighted by Crippen LogP contribution is 2.15. The molecule has 0 spiro atoms. The van der Waals surface area contributed by atoms with Crippen LogP contribution in [0.4, 0.5) is 11.4 Å². The zero-order valence-corrected chi connectivity index (χ0v) is 9.03. The summed E-state index contributed by atoms with van der Waals surface area (Å²) >= 11 is 0. The molecule has 0 heterocycles. The number of nitrogens with two attached hydrogens (primary N) is 2. The zero-order valence-electron chi connectivity index (χ0n) is 8.21. The van der Waals surface area contributed by atoms with Gasteiger partial charge >= 0.3 is 10.4 Å². The molecule has 0 atom stereocenters. The van der Waals surface area contributed by atoms with Crippen LogP contribution >= 0.6 is 0 Å². The van der Waals surface area contributed by atoms with E-state index < -0.39 is 10.4 Å². The van der Waals surface area contributed by atoms with Crippen molar-refractivity contribution in [3.8, 4) is 0 Å². The molecule has 86 valence electrons. The molecule has 1 rings (SSSR count). The normalized spacial score (nSPS) is 10.3. The number of nitrogen functional groups attached to an aromatic ring is 2. The standard InChI is InChI=1S/C8H12N2.H2O4S/c1-2-6-5-7(9)3-4-8(6)10;1-5(2,3)4/h3-5H,2,9-10H2,1H3;(H2,1,2,3,4). The van der Waals surface area contributed by atoms with Crippen molar-refractivity contribution in [3.63, 3.8) is 0 Å². The maximum atomic E-state index is 8.74. The van der Waals surface area contributed by atoms with Crippen LogP contribution in [0.3, 0.4) is 0 Å². The molecule has 0 aliphatic carbocycles. The molecule has 6 nitrogen and oxygen atoms in total. The summed E-state index contributed by atoms with van der Waals surface area (Å²) in [5.74, 6) is 0. The van der Waals surface area contributed by atoms with E-state index in [9.17, 15) is 0 Å². The van der Waals surface area contributed by atoms with Gasteiger partial charge in [-0.05, 0) is 30.2 Å². The summed E-state index contributed by atoms with van der Waals surface area (Å²) in [4.78, 5) is 0. The van der Waals surface area contributed by atoms with Crippen molar-refractivity contribution in [1.29, 1.82) is 0 Å². The van der Waals surface area contributed by atoms with Crippen molar-refractivity contribution < 1.29 is 17.5 Å². The van der Waals surface area contributed by atoms with Crippen molar-refractivity contribution in [2.24, 2.45) is 0 Å². The number of aryl methyl sites for hydroxylation is 1. The first kappa shape index (κ1) is 13.7. The van der Waals surface area contributed by atoms with Gasteiger partial charge in [-0.15, -0.1) is 0 Å². The average Bonchev–Trinajstić information content (AvgIpc) is 2.06. The summed E-state index contributed by atoms with van der Waals surface area (Å²) in [6.45, 7) is 2.06. The predicted octanol–water partition coefficient (Wildman–Crippen LogP) is 0.761. The van der Waals surface area contributed by atoms with Gasteiger partial charge in [0.1, 0.15) is 0 Å². The predicted molar refractivity (Wildman–Crippen MR) is 58.8 cm³/mol. The Hall–Kier alpha value is -1.31. The molecule has 0 amide bonds. The molecule has 15 heavy (non-hydrogen) atoms. The highest BCUT2D eigenvalue weighted by molar-refractivity contribution is 7.79. The fraction of sp³-hybridized carbons (Fsp3) is 0.250. The van der Waals surface area contributed by atoms with E-state index in [0.29, 0.717) is 0 Å². The topological polar surface area (TPSA) is 127 Å². The van der Waals surface area contributed by atoms with Crippen LogP contribution in [0, 0.1) is 0 Å². The molecule has 0 saturated heterocycles. The van der Waals surface area contributed by atoms with Crippen LogP contribution in [0.1, 0.15) is 12.5 Å².